The number of aromatic nitrogens is 1. The Labute approximate surface area is 193 Å². The molecule has 164 valence electrons. The van der Waals surface area contributed by atoms with Crippen LogP contribution in [0.25, 0.3) is 0 Å². The van der Waals surface area contributed by atoms with E-state index < -0.39 is 6.10 Å². The fourth-order valence-electron chi connectivity index (χ4n) is 3.30. The Kier molecular flexibility index (Phi) is 9.57. The minimum absolute atomic E-state index is 0. The highest BCUT2D eigenvalue weighted by Crippen LogP contribution is 2.21. The molecule has 0 spiro atoms. The zero-order chi connectivity index (χ0) is 20.6. The molecule has 1 aliphatic rings. The van der Waals surface area contributed by atoms with Crippen LogP contribution < -0.4 is 20.3 Å². The number of hydrogen-bond acceptors (Lipinski definition) is 5. The van der Waals surface area contributed by atoms with E-state index in [4.69, 9.17) is 4.74 Å². The maximum atomic E-state index is 14.0. The van der Waals surface area contributed by atoms with Gasteiger partial charge >= 0.3 is 0 Å². The van der Waals surface area contributed by atoms with Crippen molar-refractivity contribution in [1.29, 1.82) is 0 Å². The Morgan fingerprint density at radius 2 is 2.13 bits per heavy atom. The van der Waals surface area contributed by atoms with Gasteiger partial charge in [-0.1, -0.05) is 12.1 Å². The first kappa shape index (κ1) is 24.1. The number of aliphatic hydroxyl groups is 1. The molecule has 1 fully saturated rings. The summed E-state index contributed by atoms with van der Waals surface area (Å²) in [6, 6.07) is 10.4. The van der Waals surface area contributed by atoms with E-state index in [0.29, 0.717) is 24.9 Å². The van der Waals surface area contributed by atoms with Crippen molar-refractivity contribution in [1.82, 2.24) is 15.6 Å². The molecule has 2 aromatic rings. The summed E-state index contributed by atoms with van der Waals surface area (Å²) in [7, 11) is 1.61. The van der Waals surface area contributed by atoms with Crippen molar-refractivity contribution < 1.29 is 14.2 Å². The molecule has 0 aliphatic carbocycles. The largest absolute Gasteiger partial charge is 0.497 e. The van der Waals surface area contributed by atoms with Crippen LogP contribution in [0.5, 0.6) is 5.75 Å². The highest BCUT2D eigenvalue weighted by molar-refractivity contribution is 14.0. The highest BCUT2D eigenvalue weighted by Gasteiger charge is 2.26. The molecule has 9 heteroatoms. The second-order valence-corrected chi connectivity index (χ2v) is 6.89. The first-order valence-electron chi connectivity index (χ1n) is 9.83. The molecule has 0 amide bonds. The number of benzene rings is 1. The number of rotatable bonds is 7. The minimum atomic E-state index is -0.709. The van der Waals surface area contributed by atoms with Crippen molar-refractivity contribution in [2.75, 3.05) is 38.2 Å². The lowest BCUT2D eigenvalue weighted by molar-refractivity contribution is 0.187. The van der Waals surface area contributed by atoms with Crippen LogP contribution in [-0.4, -0.2) is 55.4 Å². The third kappa shape index (κ3) is 6.43. The maximum absolute atomic E-state index is 14.0. The van der Waals surface area contributed by atoms with Gasteiger partial charge in [-0.05, 0) is 43.2 Å². The first-order valence-corrected chi connectivity index (χ1v) is 9.83. The van der Waals surface area contributed by atoms with Crippen LogP contribution in [-0.2, 0) is 0 Å². The van der Waals surface area contributed by atoms with Crippen molar-refractivity contribution in [3.63, 3.8) is 0 Å². The highest BCUT2D eigenvalue weighted by atomic mass is 127. The predicted octanol–water partition coefficient (Wildman–Crippen LogP) is 2.71. The van der Waals surface area contributed by atoms with E-state index in [9.17, 15) is 9.50 Å². The predicted molar refractivity (Wildman–Crippen MR) is 127 cm³/mol. The van der Waals surface area contributed by atoms with E-state index in [2.05, 4.69) is 20.6 Å². The summed E-state index contributed by atoms with van der Waals surface area (Å²) in [4.78, 5) is 10.6. The summed E-state index contributed by atoms with van der Waals surface area (Å²) in [6.45, 7) is 4.28. The average Bonchev–Trinajstić information content (AvgIpc) is 3.20. The number of ether oxygens (including phenoxy) is 1. The van der Waals surface area contributed by atoms with Crippen LogP contribution in [0.4, 0.5) is 10.2 Å². The van der Waals surface area contributed by atoms with E-state index in [0.717, 1.165) is 24.3 Å². The molecular weight excluding hydrogens is 500 g/mol. The molecule has 0 saturated carbocycles. The zero-order valence-electron chi connectivity index (χ0n) is 17.2. The second kappa shape index (κ2) is 11.9. The molecule has 2 unspecified atom stereocenters. The number of hydrogen-bond donors (Lipinski definition) is 3. The standard InChI is InChI=1S/C21H28FN5O2.HI/c1-3-23-21(25-13-19(28)15-6-8-17(29-2)9-7-15)26-16-10-12-27(14-16)20-18(22)5-4-11-24-20;/h4-9,11,16,19,28H,3,10,12-14H2,1-2H3,(H2,23,25,26);1H. The van der Waals surface area contributed by atoms with Crippen LogP contribution in [0.2, 0.25) is 0 Å². The van der Waals surface area contributed by atoms with Gasteiger partial charge in [-0.2, -0.15) is 0 Å². The third-order valence-electron chi connectivity index (χ3n) is 4.83. The zero-order valence-corrected chi connectivity index (χ0v) is 19.5. The van der Waals surface area contributed by atoms with E-state index in [1.165, 1.54) is 6.07 Å². The Morgan fingerprint density at radius 3 is 2.80 bits per heavy atom. The van der Waals surface area contributed by atoms with Gasteiger partial charge < -0.3 is 25.4 Å². The van der Waals surface area contributed by atoms with E-state index in [1.54, 1.807) is 19.4 Å². The van der Waals surface area contributed by atoms with Crippen LogP contribution in [0, 0.1) is 5.82 Å². The van der Waals surface area contributed by atoms with Crippen LogP contribution >= 0.6 is 24.0 Å². The number of anilines is 1. The molecule has 30 heavy (non-hydrogen) atoms. The topological polar surface area (TPSA) is 82.0 Å². The smallest absolute Gasteiger partial charge is 0.191 e. The Bertz CT molecular complexity index is 821. The maximum Gasteiger partial charge on any atom is 0.191 e. The molecule has 1 aliphatic heterocycles. The van der Waals surface area contributed by atoms with Crippen molar-refractivity contribution >= 4 is 35.8 Å². The van der Waals surface area contributed by atoms with Crippen LogP contribution in [0.1, 0.15) is 25.0 Å². The second-order valence-electron chi connectivity index (χ2n) is 6.89. The molecule has 2 atom stereocenters. The number of halogens is 2. The summed E-state index contributed by atoms with van der Waals surface area (Å²) < 4.78 is 19.1. The number of aliphatic hydroxyl groups excluding tert-OH is 1. The summed E-state index contributed by atoms with van der Waals surface area (Å²) in [5, 5.41) is 17.0. The third-order valence-corrected chi connectivity index (χ3v) is 4.83. The van der Waals surface area contributed by atoms with Gasteiger partial charge in [-0.25, -0.2) is 9.37 Å². The number of nitrogens with one attached hydrogen (secondary N) is 2. The van der Waals surface area contributed by atoms with Gasteiger partial charge in [-0.15, -0.1) is 24.0 Å². The molecule has 1 saturated heterocycles. The number of aliphatic imine (C=N–C) groups is 1. The molecule has 1 aromatic heterocycles. The quantitative estimate of drug-likeness (QED) is 0.291. The van der Waals surface area contributed by atoms with Gasteiger partial charge in [0, 0.05) is 31.9 Å². The monoisotopic (exact) mass is 529 g/mol. The Morgan fingerprint density at radius 1 is 1.37 bits per heavy atom. The molecule has 1 aromatic carbocycles. The molecule has 3 N–H and O–H groups in total. The molecule has 0 radical (unpaired) electrons. The number of nitrogens with zero attached hydrogens (tertiary/aromatic N) is 3. The van der Waals surface area contributed by atoms with E-state index >= 15 is 0 Å². The van der Waals surface area contributed by atoms with Gasteiger partial charge in [0.1, 0.15) is 5.75 Å². The lowest BCUT2D eigenvalue weighted by atomic mass is 10.1. The molecule has 0 bridgehead atoms. The van der Waals surface area contributed by atoms with Gasteiger partial charge in [0.05, 0.1) is 19.8 Å². The first-order chi connectivity index (χ1) is 14.1. The van der Waals surface area contributed by atoms with Crippen molar-refractivity contribution in [3.05, 3.63) is 54.0 Å². The van der Waals surface area contributed by atoms with E-state index in [-0.39, 0.29) is 42.4 Å². The Hall–Kier alpha value is -2.14. The van der Waals surface area contributed by atoms with Crippen molar-refractivity contribution in [2.45, 2.75) is 25.5 Å². The normalized spacial score (nSPS) is 17.3. The number of pyridine rings is 1. The fraction of sp³-hybridized carbons (Fsp3) is 0.429. The molecule has 7 nitrogen and oxygen atoms in total. The van der Waals surface area contributed by atoms with Crippen molar-refractivity contribution in [3.8, 4) is 5.75 Å². The number of methoxy groups -OCH3 is 1. The van der Waals surface area contributed by atoms with Gasteiger partial charge in [0.15, 0.2) is 17.6 Å². The van der Waals surface area contributed by atoms with Gasteiger partial charge in [-0.3, -0.25) is 4.99 Å². The number of guanidine groups is 1. The fourth-order valence-corrected chi connectivity index (χ4v) is 3.30. The lowest BCUT2D eigenvalue weighted by Crippen LogP contribution is -2.45. The van der Waals surface area contributed by atoms with Crippen LogP contribution in [0.3, 0.4) is 0 Å². The SMILES string of the molecule is CCNC(=NCC(O)c1ccc(OC)cc1)NC1CCN(c2ncccc2F)C1.I. The average molecular weight is 529 g/mol. The van der Waals surface area contributed by atoms with Crippen molar-refractivity contribution in [2.24, 2.45) is 4.99 Å². The summed E-state index contributed by atoms with van der Waals surface area (Å²) in [6.07, 6.45) is 1.74. The lowest BCUT2D eigenvalue weighted by Gasteiger charge is -2.20. The molecule has 2 heterocycles. The minimum Gasteiger partial charge on any atom is -0.497 e. The molecule has 3 rings (SSSR count). The summed E-state index contributed by atoms with van der Waals surface area (Å²) in [5.41, 5.74) is 0.781. The Balaban J connectivity index is 0.00000320. The van der Waals surface area contributed by atoms with Gasteiger partial charge in [0.25, 0.3) is 0 Å². The van der Waals surface area contributed by atoms with Crippen LogP contribution in [0.15, 0.2) is 47.6 Å². The summed E-state index contributed by atoms with van der Waals surface area (Å²) >= 11 is 0. The van der Waals surface area contributed by atoms with Gasteiger partial charge in [0.2, 0.25) is 0 Å². The summed E-state index contributed by atoms with van der Waals surface area (Å²) in [5.74, 6) is 1.45. The van der Waals surface area contributed by atoms with E-state index in [1.807, 2.05) is 36.1 Å². The molecular formula is C21H29FIN5O2.